The SMILES string of the molecule is C/C(=C/c1ccc(F)c([N+](=O)[O-])c1)CNC(C)(C)C. The maximum absolute atomic E-state index is 13.2. The summed E-state index contributed by atoms with van der Waals surface area (Å²) >= 11 is 0. The number of benzene rings is 1. The first-order chi connectivity index (χ1) is 8.69. The molecule has 0 heterocycles. The standard InChI is InChI=1S/C14H19FN2O2/c1-10(9-16-14(2,3)4)7-11-5-6-12(15)13(8-11)17(18)19/h5-8,16H,9H2,1-4H3/b10-7-. The third-order valence-electron chi connectivity index (χ3n) is 2.48. The molecule has 0 atom stereocenters. The van der Waals surface area contributed by atoms with E-state index >= 15 is 0 Å². The van der Waals surface area contributed by atoms with Crippen LogP contribution in [-0.4, -0.2) is 17.0 Å². The number of rotatable bonds is 4. The highest BCUT2D eigenvalue weighted by Gasteiger charge is 2.13. The second-order valence-corrected chi connectivity index (χ2v) is 5.56. The van der Waals surface area contributed by atoms with Crippen LogP contribution in [0, 0.1) is 15.9 Å². The van der Waals surface area contributed by atoms with Gasteiger partial charge in [-0.1, -0.05) is 17.7 Å². The van der Waals surface area contributed by atoms with Crippen molar-refractivity contribution in [1.82, 2.24) is 5.32 Å². The van der Waals surface area contributed by atoms with Gasteiger partial charge in [0, 0.05) is 18.2 Å². The van der Waals surface area contributed by atoms with E-state index in [2.05, 4.69) is 26.1 Å². The van der Waals surface area contributed by atoms with Gasteiger partial charge in [0.15, 0.2) is 0 Å². The van der Waals surface area contributed by atoms with Gasteiger partial charge in [-0.25, -0.2) is 0 Å². The normalized spacial score (nSPS) is 12.6. The van der Waals surface area contributed by atoms with Gasteiger partial charge in [0.1, 0.15) is 0 Å². The summed E-state index contributed by atoms with van der Waals surface area (Å²) in [4.78, 5) is 9.94. The smallest absolute Gasteiger partial charge is 0.305 e. The van der Waals surface area contributed by atoms with Crippen molar-refractivity contribution in [2.24, 2.45) is 0 Å². The lowest BCUT2D eigenvalue weighted by molar-refractivity contribution is -0.387. The first kappa shape index (κ1) is 15.3. The Morgan fingerprint density at radius 3 is 2.63 bits per heavy atom. The van der Waals surface area contributed by atoms with Gasteiger partial charge in [0.05, 0.1) is 4.92 Å². The fourth-order valence-corrected chi connectivity index (χ4v) is 1.50. The zero-order valence-corrected chi connectivity index (χ0v) is 11.7. The van der Waals surface area contributed by atoms with E-state index in [1.807, 2.05) is 13.0 Å². The van der Waals surface area contributed by atoms with Crippen molar-refractivity contribution in [3.63, 3.8) is 0 Å². The van der Waals surface area contributed by atoms with Crippen LogP contribution in [0.3, 0.4) is 0 Å². The Morgan fingerprint density at radius 2 is 2.11 bits per heavy atom. The third kappa shape index (κ3) is 5.18. The number of nitrogens with zero attached hydrogens (tertiary/aromatic N) is 1. The summed E-state index contributed by atoms with van der Waals surface area (Å²) in [6, 6.07) is 3.90. The molecule has 0 bridgehead atoms. The zero-order chi connectivity index (χ0) is 14.6. The van der Waals surface area contributed by atoms with Gasteiger partial charge in [0.2, 0.25) is 5.82 Å². The van der Waals surface area contributed by atoms with Crippen LogP contribution in [-0.2, 0) is 0 Å². The van der Waals surface area contributed by atoms with E-state index in [-0.39, 0.29) is 5.54 Å². The number of nitro benzene ring substituents is 1. The average molecular weight is 266 g/mol. The van der Waals surface area contributed by atoms with Crippen molar-refractivity contribution in [3.8, 4) is 0 Å². The highest BCUT2D eigenvalue weighted by Crippen LogP contribution is 2.20. The van der Waals surface area contributed by atoms with Gasteiger partial charge in [0.25, 0.3) is 0 Å². The van der Waals surface area contributed by atoms with Gasteiger partial charge in [-0.2, -0.15) is 4.39 Å². The molecule has 0 aliphatic heterocycles. The maximum Gasteiger partial charge on any atom is 0.305 e. The molecule has 104 valence electrons. The van der Waals surface area contributed by atoms with Gasteiger partial charge < -0.3 is 5.32 Å². The van der Waals surface area contributed by atoms with Crippen LogP contribution < -0.4 is 5.32 Å². The second kappa shape index (κ2) is 5.93. The highest BCUT2D eigenvalue weighted by molar-refractivity contribution is 5.56. The largest absolute Gasteiger partial charge is 0.308 e. The Bertz CT molecular complexity index is 505. The Morgan fingerprint density at radius 1 is 1.47 bits per heavy atom. The number of halogens is 1. The monoisotopic (exact) mass is 266 g/mol. The lowest BCUT2D eigenvalue weighted by Crippen LogP contribution is -2.36. The maximum atomic E-state index is 13.2. The molecule has 1 rings (SSSR count). The lowest BCUT2D eigenvalue weighted by Gasteiger charge is -2.20. The van der Waals surface area contributed by atoms with Gasteiger partial charge >= 0.3 is 5.69 Å². The van der Waals surface area contributed by atoms with Crippen molar-refractivity contribution < 1.29 is 9.31 Å². The zero-order valence-electron chi connectivity index (χ0n) is 11.7. The molecule has 0 radical (unpaired) electrons. The second-order valence-electron chi connectivity index (χ2n) is 5.56. The van der Waals surface area contributed by atoms with E-state index in [0.29, 0.717) is 12.1 Å². The molecular weight excluding hydrogens is 247 g/mol. The molecule has 0 aliphatic rings. The van der Waals surface area contributed by atoms with E-state index < -0.39 is 16.4 Å². The van der Waals surface area contributed by atoms with Crippen LogP contribution in [0.5, 0.6) is 0 Å². The molecule has 19 heavy (non-hydrogen) atoms. The molecule has 1 N–H and O–H groups in total. The molecular formula is C14H19FN2O2. The molecule has 0 aromatic heterocycles. The van der Waals surface area contributed by atoms with Gasteiger partial charge in [-0.15, -0.1) is 0 Å². The first-order valence-corrected chi connectivity index (χ1v) is 6.05. The van der Waals surface area contributed by atoms with E-state index in [0.717, 1.165) is 11.6 Å². The number of nitro groups is 1. The topological polar surface area (TPSA) is 55.2 Å². The quantitative estimate of drug-likeness (QED) is 0.670. The number of nitrogens with one attached hydrogen (secondary N) is 1. The number of hydrogen-bond donors (Lipinski definition) is 1. The third-order valence-corrected chi connectivity index (χ3v) is 2.48. The summed E-state index contributed by atoms with van der Waals surface area (Å²) < 4.78 is 13.2. The summed E-state index contributed by atoms with van der Waals surface area (Å²) in [7, 11) is 0. The Labute approximate surface area is 112 Å². The molecule has 5 heteroatoms. The van der Waals surface area contributed by atoms with Crippen molar-refractivity contribution in [2.45, 2.75) is 33.2 Å². The van der Waals surface area contributed by atoms with E-state index in [4.69, 9.17) is 0 Å². The summed E-state index contributed by atoms with van der Waals surface area (Å²) in [5.74, 6) is -0.812. The van der Waals surface area contributed by atoms with Crippen LogP contribution >= 0.6 is 0 Å². The van der Waals surface area contributed by atoms with Crippen LogP contribution in [0.25, 0.3) is 6.08 Å². The summed E-state index contributed by atoms with van der Waals surface area (Å²) in [6.07, 6.45) is 1.81. The minimum absolute atomic E-state index is 0.00386. The molecule has 0 saturated carbocycles. The summed E-state index contributed by atoms with van der Waals surface area (Å²) in [6.45, 7) is 8.78. The fraction of sp³-hybridized carbons (Fsp3) is 0.429. The Balaban J connectivity index is 2.86. The molecule has 4 nitrogen and oxygen atoms in total. The van der Waals surface area contributed by atoms with Crippen molar-refractivity contribution in [1.29, 1.82) is 0 Å². The molecule has 0 aliphatic carbocycles. The minimum atomic E-state index is -0.812. The predicted molar refractivity (Wildman–Crippen MR) is 74.5 cm³/mol. The highest BCUT2D eigenvalue weighted by atomic mass is 19.1. The molecule has 1 aromatic rings. The molecule has 0 saturated heterocycles. The van der Waals surface area contributed by atoms with E-state index in [9.17, 15) is 14.5 Å². The summed E-state index contributed by atoms with van der Waals surface area (Å²) in [5, 5.41) is 14.0. The molecule has 1 aromatic carbocycles. The first-order valence-electron chi connectivity index (χ1n) is 6.05. The van der Waals surface area contributed by atoms with Gasteiger partial charge in [-0.05, 0) is 39.3 Å². The Kier molecular flexibility index (Phi) is 4.78. The van der Waals surface area contributed by atoms with Crippen molar-refractivity contribution in [3.05, 3.63) is 45.3 Å². The van der Waals surface area contributed by atoms with Crippen LogP contribution in [0.1, 0.15) is 33.3 Å². The molecule has 0 amide bonds. The Hall–Kier alpha value is -1.75. The van der Waals surface area contributed by atoms with Gasteiger partial charge in [-0.3, -0.25) is 10.1 Å². The van der Waals surface area contributed by atoms with Crippen molar-refractivity contribution >= 4 is 11.8 Å². The van der Waals surface area contributed by atoms with Crippen LogP contribution in [0.2, 0.25) is 0 Å². The minimum Gasteiger partial charge on any atom is -0.308 e. The number of hydrogen-bond acceptors (Lipinski definition) is 3. The lowest BCUT2D eigenvalue weighted by atomic mass is 10.1. The molecule has 0 spiro atoms. The average Bonchev–Trinajstić information content (AvgIpc) is 2.28. The van der Waals surface area contributed by atoms with E-state index in [1.54, 1.807) is 0 Å². The molecule has 0 fully saturated rings. The van der Waals surface area contributed by atoms with Crippen LogP contribution in [0.4, 0.5) is 10.1 Å². The predicted octanol–water partition coefficient (Wildman–Crippen LogP) is 3.53. The molecule has 0 unspecified atom stereocenters. The van der Waals surface area contributed by atoms with Crippen LogP contribution in [0.15, 0.2) is 23.8 Å². The summed E-state index contributed by atoms with van der Waals surface area (Å²) in [5.41, 5.74) is 1.16. The van der Waals surface area contributed by atoms with Crippen molar-refractivity contribution in [2.75, 3.05) is 6.54 Å². The fourth-order valence-electron chi connectivity index (χ4n) is 1.50. The van der Waals surface area contributed by atoms with E-state index in [1.165, 1.54) is 12.1 Å².